The summed E-state index contributed by atoms with van der Waals surface area (Å²) in [5.74, 6) is 0.381. The zero-order valence-corrected chi connectivity index (χ0v) is 15.4. The maximum atomic E-state index is 9.91. The maximum absolute atomic E-state index is 9.91. The third-order valence-electron chi connectivity index (χ3n) is 4.36. The van der Waals surface area contributed by atoms with E-state index in [0.29, 0.717) is 34.0 Å². The van der Waals surface area contributed by atoms with Crippen LogP contribution >= 0.6 is 0 Å². The third kappa shape index (κ3) is 3.80. The van der Waals surface area contributed by atoms with Gasteiger partial charge >= 0.3 is 0 Å². The second kappa shape index (κ2) is 8.04. The fraction of sp³-hybridized carbons (Fsp3) is 0. The predicted octanol–water partition coefficient (Wildman–Crippen LogP) is 5.30. The van der Waals surface area contributed by atoms with Gasteiger partial charge in [-0.1, -0.05) is 60.7 Å². The molecule has 0 atom stereocenters. The van der Waals surface area contributed by atoms with Crippen molar-refractivity contribution in [3.63, 3.8) is 0 Å². The molecule has 1 aromatic heterocycles. The predicted molar refractivity (Wildman–Crippen MR) is 112 cm³/mol. The molecule has 0 amide bonds. The fourth-order valence-electron chi connectivity index (χ4n) is 3.02. The van der Waals surface area contributed by atoms with Crippen LogP contribution in [0.3, 0.4) is 0 Å². The lowest BCUT2D eigenvalue weighted by Crippen LogP contribution is -2.04. The Morgan fingerprint density at radius 3 is 1.93 bits per heavy atom. The molecule has 0 bridgehead atoms. The monoisotopic (exact) mass is 373 g/mol. The van der Waals surface area contributed by atoms with E-state index in [9.17, 15) is 10.5 Å². The van der Waals surface area contributed by atoms with Crippen molar-refractivity contribution in [1.82, 2.24) is 9.97 Å². The summed E-state index contributed by atoms with van der Waals surface area (Å²) in [5, 5.41) is 22.4. The largest absolute Gasteiger partial charge is 0.324 e. The van der Waals surface area contributed by atoms with Gasteiger partial charge in [0.1, 0.15) is 11.6 Å². The Morgan fingerprint density at radius 2 is 1.28 bits per heavy atom. The number of hydrogen-bond acceptors (Lipinski definition) is 5. The molecule has 0 spiro atoms. The zero-order valence-electron chi connectivity index (χ0n) is 15.4. The molecule has 5 nitrogen and oxygen atoms in total. The SMILES string of the molecule is N#Cc1cccc(-c2nc(Nc3ccccc3)nc(-c3ccccc3)c2C#N)c1. The number of nitrogens with one attached hydrogen (secondary N) is 1. The Labute approximate surface area is 168 Å². The highest BCUT2D eigenvalue weighted by Gasteiger charge is 2.18. The van der Waals surface area contributed by atoms with E-state index in [2.05, 4.69) is 27.4 Å². The number of hydrogen-bond donors (Lipinski definition) is 1. The molecule has 0 aliphatic rings. The fourth-order valence-corrected chi connectivity index (χ4v) is 3.02. The molecular formula is C24H15N5. The van der Waals surface area contributed by atoms with Crippen molar-refractivity contribution in [3.05, 3.63) is 96.1 Å². The van der Waals surface area contributed by atoms with Gasteiger partial charge in [-0.15, -0.1) is 0 Å². The molecule has 136 valence electrons. The number of rotatable bonds is 4. The molecule has 3 aromatic carbocycles. The second-order valence-electron chi connectivity index (χ2n) is 6.28. The highest BCUT2D eigenvalue weighted by atomic mass is 15.1. The molecule has 0 saturated heterocycles. The van der Waals surface area contributed by atoms with Gasteiger partial charge in [0.25, 0.3) is 0 Å². The minimum atomic E-state index is 0.366. The average Bonchev–Trinajstić information content (AvgIpc) is 2.80. The summed E-state index contributed by atoms with van der Waals surface area (Å²) in [5.41, 5.74) is 4.24. The van der Waals surface area contributed by atoms with E-state index in [1.807, 2.05) is 66.7 Å². The lowest BCUT2D eigenvalue weighted by molar-refractivity contribution is 1.16. The van der Waals surface area contributed by atoms with Crippen LogP contribution in [0.15, 0.2) is 84.9 Å². The van der Waals surface area contributed by atoms with Crippen LogP contribution in [-0.4, -0.2) is 9.97 Å². The van der Waals surface area contributed by atoms with Crippen LogP contribution in [0.1, 0.15) is 11.1 Å². The highest BCUT2D eigenvalue weighted by molar-refractivity contribution is 5.79. The lowest BCUT2D eigenvalue weighted by Gasteiger charge is -2.13. The number of nitriles is 2. The first-order chi connectivity index (χ1) is 14.3. The Morgan fingerprint density at radius 1 is 0.655 bits per heavy atom. The number of benzene rings is 3. The summed E-state index contributed by atoms with van der Waals surface area (Å²) in [6.45, 7) is 0. The summed E-state index contributed by atoms with van der Waals surface area (Å²) in [6, 6.07) is 30.6. The van der Waals surface area contributed by atoms with Crippen LogP contribution < -0.4 is 5.32 Å². The summed E-state index contributed by atoms with van der Waals surface area (Å²) >= 11 is 0. The van der Waals surface area contributed by atoms with Crippen LogP contribution in [0, 0.1) is 22.7 Å². The van der Waals surface area contributed by atoms with Crippen LogP contribution in [0.2, 0.25) is 0 Å². The Hall–Kier alpha value is -4.48. The molecule has 4 rings (SSSR count). The van der Waals surface area contributed by atoms with E-state index >= 15 is 0 Å². The first-order valence-corrected chi connectivity index (χ1v) is 8.98. The zero-order chi connectivity index (χ0) is 20.1. The highest BCUT2D eigenvalue weighted by Crippen LogP contribution is 2.31. The summed E-state index contributed by atoms with van der Waals surface area (Å²) in [4.78, 5) is 9.24. The minimum absolute atomic E-state index is 0.366. The van der Waals surface area contributed by atoms with Crippen molar-refractivity contribution in [2.24, 2.45) is 0 Å². The van der Waals surface area contributed by atoms with Gasteiger partial charge in [0.05, 0.1) is 23.0 Å². The second-order valence-corrected chi connectivity index (χ2v) is 6.28. The van der Waals surface area contributed by atoms with Crippen LogP contribution in [0.25, 0.3) is 22.5 Å². The van der Waals surface area contributed by atoms with E-state index in [1.54, 1.807) is 18.2 Å². The molecule has 29 heavy (non-hydrogen) atoms. The molecule has 5 heteroatoms. The smallest absolute Gasteiger partial charge is 0.228 e. The molecule has 0 saturated carbocycles. The molecule has 0 aliphatic heterocycles. The maximum Gasteiger partial charge on any atom is 0.228 e. The summed E-state index contributed by atoms with van der Waals surface area (Å²) in [7, 11) is 0. The molecule has 0 fully saturated rings. The van der Waals surface area contributed by atoms with Gasteiger partial charge in [-0.3, -0.25) is 0 Å². The van der Waals surface area contributed by atoms with Gasteiger partial charge in [-0.2, -0.15) is 10.5 Å². The molecular weight excluding hydrogens is 358 g/mol. The van der Waals surface area contributed by atoms with E-state index in [4.69, 9.17) is 0 Å². The standard InChI is InChI=1S/C24H15N5/c25-15-17-8-7-11-19(14-17)23-21(16-26)22(18-9-3-1-4-10-18)28-24(29-23)27-20-12-5-2-6-13-20/h1-14H,(H,27,28,29). The van der Waals surface area contributed by atoms with Gasteiger partial charge in [-0.25, -0.2) is 9.97 Å². The van der Waals surface area contributed by atoms with Crippen molar-refractivity contribution >= 4 is 11.6 Å². The van der Waals surface area contributed by atoms with E-state index < -0.39 is 0 Å². The Balaban J connectivity index is 1.94. The number of nitrogens with zero attached hydrogens (tertiary/aromatic N) is 4. The molecule has 0 radical (unpaired) electrons. The van der Waals surface area contributed by atoms with Gasteiger partial charge in [-0.05, 0) is 24.3 Å². The van der Waals surface area contributed by atoms with Crippen LogP contribution in [0.4, 0.5) is 11.6 Å². The molecule has 0 unspecified atom stereocenters. The first-order valence-electron chi connectivity index (χ1n) is 8.98. The topological polar surface area (TPSA) is 85.4 Å². The van der Waals surface area contributed by atoms with E-state index in [1.165, 1.54) is 0 Å². The summed E-state index contributed by atoms with van der Waals surface area (Å²) < 4.78 is 0. The Kier molecular flexibility index (Phi) is 4.96. The summed E-state index contributed by atoms with van der Waals surface area (Å²) in [6.07, 6.45) is 0. The van der Waals surface area contributed by atoms with E-state index in [-0.39, 0.29) is 0 Å². The number of anilines is 2. The van der Waals surface area contributed by atoms with Crippen molar-refractivity contribution in [3.8, 4) is 34.7 Å². The van der Waals surface area contributed by atoms with Gasteiger partial charge < -0.3 is 5.32 Å². The minimum Gasteiger partial charge on any atom is -0.324 e. The van der Waals surface area contributed by atoms with Crippen molar-refractivity contribution in [2.45, 2.75) is 0 Å². The quantitative estimate of drug-likeness (QED) is 0.525. The molecule has 4 aromatic rings. The molecule has 1 N–H and O–H groups in total. The van der Waals surface area contributed by atoms with Gasteiger partial charge in [0.15, 0.2) is 0 Å². The van der Waals surface area contributed by atoms with Crippen molar-refractivity contribution in [1.29, 1.82) is 10.5 Å². The van der Waals surface area contributed by atoms with Gasteiger partial charge in [0.2, 0.25) is 5.95 Å². The normalized spacial score (nSPS) is 10.0. The van der Waals surface area contributed by atoms with Crippen molar-refractivity contribution in [2.75, 3.05) is 5.32 Å². The number of aromatic nitrogens is 2. The lowest BCUT2D eigenvalue weighted by atomic mass is 10.00. The third-order valence-corrected chi connectivity index (χ3v) is 4.36. The van der Waals surface area contributed by atoms with E-state index in [0.717, 1.165) is 11.3 Å². The Bertz CT molecular complexity index is 1240. The first kappa shape index (κ1) is 17.9. The van der Waals surface area contributed by atoms with Crippen molar-refractivity contribution < 1.29 is 0 Å². The average molecular weight is 373 g/mol. The molecule has 0 aliphatic carbocycles. The molecule has 1 heterocycles. The number of para-hydroxylation sites is 1. The van der Waals surface area contributed by atoms with Crippen LogP contribution in [0.5, 0.6) is 0 Å². The van der Waals surface area contributed by atoms with Crippen LogP contribution in [-0.2, 0) is 0 Å². The van der Waals surface area contributed by atoms with Gasteiger partial charge in [0, 0.05) is 16.8 Å².